The minimum atomic E-state index is 0.122. The molecule has 1 aliphatic rings. The van der Waals surface area contributed by atoms with E-state index in [1.165, 1.54) is 0 Å². The van der Waals surface area contributed by atoms with Crippen molar-refractivity contribution in [2.24, 2.45) is 0 Å². The molecule has 3 rings (SSSR count). The molecule has 1 fully saturated rings. The zero-order valence-corrected chi connectivity index (χ0v) is 12.8. The van der Waals surface area contributed by atoms with Crippen LogP contribution >= 0.6 is 0 Å². The third kappa shape index (κ3) is 2.84. The Balaban J connectivity index is 1.65. The van der Waals surface area contributed by atoms with Gasteiger partial charge in [-0.25, -0.2) is 0 Å². The SMILES string of the molecule is CCOC1CC(NC(C)c2cc3ccccc3o2)C1OC. The summed E-state index contributed by atoms with van der Waals surface area (Å²) in [6.07, 6.45) is 1.31. The van der Waals surface area contributed by atoms with Crippen molar-refractivity contribution in [3.63, 3.8) is 0 Å². The highest BCUT2D eigenvalue weighted by Crippen LogP contribution is 2.30. The predicted octanol–water partition coefficient (Wildman–Crippen LogP) is 3.28. The van der Waals surface area contributed by atoms with E-state index < -0.39 is 0 Å². The third-order valence-electron chi connectivity index (χ3n) is 4.24. The minimum absolute atomic E-state index is 0.122. The van der Waals surface area contributed by atoms with Crippen LogP contribution in [0.15, 0.2) is 34.7 Å². The molecule has 1 N–H and O–H groups in total. The van der Waals surface area contributed by atoms with Gasteiger partial charge in [-0.3, -0.25) is 0 Å². The molecule has 114 valence electrons. The molecule has 2 aromatic rings. The van der Waals surface area contributed by atoms with Crippen LogP contribution in [0.25, 0.3) is 11.0 Å². The molecular weight excluding hydrogens is 266 g/mol. The highest BCUT2D eigenvalue weighted by atomic mass is 16.5. The maximum absolute atomic E-state index is 5.91. The van der Waals surface area contributed by atoms with Gasteiger partial charge in [0.1, 0.15) is 11.3 Å². The van der Waals surface area contributed by atoms with Gasteiger partial charge in [0, 0.05) is 25.1 Å². The van der Waals surface area contributed by atoms with Crippen molar-refractivity contribution in [2.45, 2.75) is 44.6 Å². The number of furan rings is 1. The van der Waals surface area contributed by atoms with E-state index in [0.717, 1.165) is 29.8 Å². The topological polar surface area (TPSA) is 43.6 Å². The summed E-state index contributed by atoms with van der Waals surface area (Å²) in [5, 5.41) is 4.73. The van der Waals surface area contributed by atoms with E-state index in [0.29, 0.717) is 6.04 Å². The normalized spacial score (nSPS) is 26.7. The van der Waals surface area contributed by atoms with Crippen LogP contribution in [0.3, 0.4) is 0 Å². The van der Waals surface area contributed by atoms with Gasteiger partial charge in [0.2, 0.25) is 0 Å². The molecule has 4 unspecified atom stereocenters. The number of methoxy groups -OCH3 is 1. The molecule has 4 heteroatoms. The lowest BCUT2D eigenvalue weighted by molar-refractivity contribution is -0.133. The van der Waals surface area contributed by atoms with Crippen molar-refractivity contribution in [1.29, 1.82) is 0 Å². The first-order chi connectivity index (χ1) is 10.2. The summed E-state index contributed by atoms with van der Waals surface area (Å²) in [5.41, 5.74) is 0.935. The van der Waals surface area contributed by atoms with Crippen LogP contribution < -0.4 is 5.32 Å². The van der Waals surface area contributed by atoms with E-state index in [9.17, 15) is 0 Å². The Hall–Kier alpha value is -1.36. The molecule has 1 aliphatic carbocycles. The van der Waals surface area contributed by atoms with E-state index in [2.05, 4.69) is 24.4 Å². The van der Waals surface area contributed by atoms with Crippen molar-refractivity contribution < 1.29 is 13.9 Å². The molecular formula is C17H23NO3. The van der Waals surface area contributed by atoms with Gasteiger partial charge in [0.15, 0.2) is 0 Å². The average molecular weight is 289 g/mol. The molecule has 1 aromatic carbocycles. The molecule has 0 aliphatic heterocycles. The fourth-order valence-electron chi connectivity index (χ4n) is 3.06. The Labute approximate surface area is 125 Å². The number of rotatable bonds is 6. The molecule has 1 aromatic heterocycles. The van der Waals surface area contributed by atoms with Crippen molar-refractivity contribution >= 4 is 11.0 Å². The van der Waals surface area contributed by atoms with E-state index >= 15 is 0 Å². The monoisotopic (exact) mass is 289 g/mol. The van der Waals surface area contributed by atoms with Crippen LogP contribution in [0.1, 0.15) is 32.1 Å². The molecule has 1 saturated carbocycles. The molecule has 0 spiro atoms. The fraction of sp³-hybridized carbons (Fsp3) is 0.529. The first kappa shape index (κ1) is 14.6. The Morgan fingerprint density at radius 1 is 1.38 bits per heavy atom. The number of para-hydroxylation sites is 1. The van der Waals surface area contributed by atoms with E-state index in [1.54, 1.807) is 7.11 Å². The second-order valence-electron chi connectivity index (χ2n) is 5.61. The lowest BCUT2D eigenvalue weighted by Gasteiger charge is -2.44. The van der Waals surface area contributed by atoms with Crippen molar-refractivity contribution in [3.05, 3.63) is 36.1 Å². The third-order valence-corrected chi connectivity index (χ3v) is 4.24. The summed E-state index contributed by atoms with van der Waals surface area (Å²) in [6.45, 7) is 4.87. The smallest absolute Gasteiger partial charge is 0.134 e. The van der Waals surface area contributed by atoms with Crippen molar-refractivity contribution in [3.8, 4) is 0 Å². The summed E-state index contributed by atoms with van der Waals surface area (Å²) in [6, 6.07) is 10.7. The van der Waals surface area contributed by atoms with E-state index in [1.807, 2.05) is 25.1 Å². The van der Waals surface area contributed by atoms with Crippen molar-refractivity contribution in [1.82, 2.24) is 5.32 Å². The number of nitrogens with one attached hydrogen (secondary N) is 1. The van der Waals surface area contributed by atoms with Gasteiger partial charge in [-0.2, -0.15) is 0 Å². The number of fused-ring (bicyclic) bond motifs is 1. The van der Waals surface area contributed by atoms with Gasteiger partial charge in [0.05, 0.1) is 18.2 Å². The largest absolute Gasteiger partial charge is 0.459 e. The summed E-state index contributed by atoms with van der Waals surface area (Å²) in [7, 11) is 1.75. The Kier molecular flexibility index (Phi) is 4.29. The Morgan fingerprint density at radius 3 is 2.90 bits per heavy atom. The summed E-state index contributed by atoms with van der Waals surface area (Å²) >= 11 is 0. The Morgan fingerprint density at radius 2 is 2.19 bits per heavy atom. The second kappa shape index (κ2) is 6.18. The van der Waals surface area contributed by atoms with Gasteiger partial charge in [-0.15, -0.1) is 0 Å². The molecule has 4 atom stereocenters. The number of hydrogen-bond acceptors (Lipinski definition) is 4. The lowest BCUT2D eigenvalue weighted by atomic mass is 9.84. The minimum Gasteiger partial charge on any atom is -0.459 e. The molecule has 0 radical (unpaired) electrons. The lowest BCUT2D eigenvalue weighted by Crippen LogP contribution is -2.60. The second-order valence-corrected chi connectivity index (χ2v) is 5.61. The standard InChI is InChI=1S/C17H23NO3/c1-4-20-16-10-13(17(16)19-3)18-11(2)15-9-12-7-5-6-8-14(12)21-15/h5-9,11,13,16-18H,4,10H2,1-3H3. The molecule has 0 saturated heterocycles. The first-order valence-electron chi connectivity index (χ1n) is 7.61. The molecule has 0 amide bonds. The molecule has 21 heavy (non-hydrogen) atoms. The number of hydrogen-bond donors (Lipinski definition) is 1. The summed E-state index contributed by atoms with van der Waals surface area (Å²) in [4.78, 5) is 0. The number of benzene rings is 1. The first-order valence-corrected chi connectivity index (χ1v) is 7.61. The van der Waals surface area contributed by atoms with Crippen LogP contribution in [-0.2, 0) is 9.47 Å². The maximum atomic E-state index is 5.91. The average Bonchev–Trinajstić information content (AvgIpc) is 2.90. The van der Waals surface area contributed by atoms with E-state index in [-0.39, 0.29) is 18.2 Å². The van der Waals surface area contributed by atoms with Gasteiger partial charge in [-0.05, 0) is 32.4 Å². The van der Waals surface area contributed by atoms with Crippen LogP contribution in [0.4, 0.5) is 0 Å². The highest BCUT2D eigenvalue weighted by molar-refractivity contribution is 5.77. The van der Waals surface area contributed by atoms with Crippen LogP contribution in [0, 0.1) is 0 Å². The van der Waals surface area contributed by atoms with Crippen LogP contribution in [0.2, 0.25) is 0 Å². The maximum Gasteiger partial charge on any atom is 0.134 e. The molecule has 1 heterocycles. The van der Waals surface area contributed by atoms with E-state index in [4.69, 9.17) is 13.9 Å². The van der Waals surface area contributed by atoms with Crippen LogP contribution in [-0.4, -0.2) is 32.0 Å². The summed E-state index contributed by atoms with van der Waals surface area (Å²) in [5.74, 6) is 0.964. The Bertz CT molecular complexity index is 561. The van der Waals surface area contributed by atoms with Gasteiger partial charge >= 0.3 is 0 Å². The van der Waals surface area contributed by atoms with Gasteiger partial charge in [0.25, 0.3) is 0 Å². The number of ether oxygens (including phenoxy) is 2. The van der Waals surface area contributed by atoms with Gasteiger partial charge in [-0.1, -0.05) is 18.2 Å². The van der Waals surface area contributed by atoms with Crippen molar-refractivity contribution in [2.75, 3.05) is 13.7 Å². The zero-order chi connectivity index (χ0) is 14.8. The highest BCUT2D eigenvalue weighted by Gasteiger charge is 2.42. The van der Waals surface area contributed by atoms with Crippen LogP contribution in [0.5, 0.6) is 0 Å². The predicted molar refractivity (Wildman–Crippen MR) is 82.4 cm³/mol. The summed E-state index contributed by atoms with van der Waals surface area (Å²) < 4.78 is 17.1. The zero-order valence-electron chi connectivity index (χ0n) is 12.8. The quantitative estimate of drug-likeness (QED) is 0.886. The molecule has 4 nitrogen and oxygen atoms in total. The molecule has 0 bridgehead atoms. The fourth-order valence-corrected chi connectivity index (χ4v) is 3.06. The van der Waals surface area contributed by atoms with Gasteiger partial charge < -0.3 is 19.2 Å².